The number of aliphatic hydroxyl groups excluding tert-OH is 1. The fourth-order valence-corrected chi connectivity index (χ4v) is 2.19. The van der Waals surface area contributed by atoms with Crippen molar-refractivity contribution in [2.45, 2.75) is 52.7 Å². The van der Waals surface area contributed by atoms with Crippen molar-refractivity contribution in [3.05, 3.63) is 29.8 Å². The van der Waals surface area contributed by atoms with Crippen LogP contribution >= 0.6 is 0 Å². The molecule has 0 amide bonds. The van der Waals surface area contributed by atoms with E-state index in [4.69, 9.17) is 0 Å². The molecule has 1 aromatic rings. The van der Waals surface area contributed by atoms with Gasteiger partial charge in [-0.2, -0.15) is 0 Å². The van der Waals surface area contributed by atoms with Crippen molar-refractivity contribution < 1.29 is 5.11 Å². The number of hydrogen-bond acceptors (Lipinski definition) is 2. The highest BCUT2D eigenvalue weighted by atomic mass is 16.3. The zero-order chi connectivity index (χ0) is 12.8. The summed E-state index contributed by atoms with van der Waals surface area (Å²) >= 11 is 0. The van der Waals surface area contributed by atoms with Crippen LogP contribution in [0.1, 0.15) is 52.2 Å². The Labute approximate surface area is 105 Å². The van der Waals surface area contributed by atoms with Crippen LogP contribution in [0.5, 0.6) is 0 Å². The highest BCUT2D eigenvalue weighted by Gasteiger charge is 2.17. The van der Waals surface area contributed by atoms with E-state index in [0.717, 1.165) is 24.9 Å². The molecule has 1 N–H and O–H groups in total. The Morgan fingerprint density at radius 2 is 1.76 bits per heavy atom. The number of para-hydroxylation sites is 1. The molecule has 0 saturated heterocycles. The van der Waals surface area contributed by atoms with Gasteiger partial charge in [-0.15, -0.1) is 0 Å². The first kappa shape index (κ1) is 14.0. The maximum absolute atomic E-state index is 10.1. The molecule has 0 bridgehead atoms. The Hall–Kier alpha value is -1.02. The van der Waals surface area contributed by atoms with E-state index in [-0.39, 0.29) is 6.10 Å². The zero-order valence-corrected chi connectivity index (χ0v) is 11.5. The van der Waals surface area contributed by atoms with Crippen LogP contribution in [0.4, 0.5) is 5.69 Å². The topological polar surface area (TPSA) is 23.5 Å². The predicted octanol–water partition coefficient (Wildman–Crippen LogP) is 3.75. The van der Waals surface area contributed by atoms with Crippen LogP contribution in [-0.4, -0.2) is 17.7 Å². The van der Waals surface area contributed by atoms with Crippen molar-refractivity contribution in [3.8, 4) is 0 Å². The summed E-state index contributed by atoms with van der Waals surface area (Å²) < 4.78 is 0. The molecule has 2 atom stereocenters. The van der Waals surface area contributed by atoms with E-state index in [1.807, 2.05) is 25.1 Å². The van der Waals surface area contributed by atoms with Gasteiger partial charge in [0.15, 0.2) is 0 Å². The van der Waals surface area contributed by atoms with Crippen LogP contribution in [0.2, 0.25) is 0 Å². The standard InChI is InChI=1S/C15H25NO/c1-5-12(4)16(7-3)14-11-9-8-10-13(14)15(17)6-2/h8-12,15,17H,5-7H2,1-4H3/t12?,15-/m1/s1. The molecule has 0 fully saturated rings. The molecule has 0 spiro atoms. The molecule has 0 radical (unpaired) electrons. The Balaban J connectivity index is 3.10. The molecule has 96 valence electrons. The number of hydrogen-bond donors (Lipinski definition) is 1. The van der Waals surface area contributed by atoms with Crippen LogP contribution in [-0.2, 0) is 0 Å². The average molecular weight is 235 g/mol. The third-order valence-corrected chi connectivity index (χ3v) is 3.46. The molecule has 2 heteroatoms. The SMILES string of the molecule is CCC(C)N(CC)c1ccccc1[C@H](O)CC. The molecule has 0 saturated carbocycles. The third-order valence-electron chi connectivity index (χ3n) is 3.46. The predicted molar refractivity (Wildman–Crippen MR) is 74.5 cm³/mol. The monoisotopic (exact) mass is 235 g/mol. The summed E-state index contributed by atoms with van der Waals surface area (Å²) in [6.07, 6.45) is 1.52. The summed E-state index contributed by atoms with van der Waals surface area (Å²) in [6, 6.07) is 8.71. The minimum atomic E-state index is -0.357. The van der Waals surface area contributed by atoms with Gasteiger partial charge in [0, 0.05) is 23.8 Å². The molecule has 0 heterocycles. The van der Waals surface area contributed by atoms with Gasteiger partial charge >= 0.3 is 0 Å². The number of benzene rings is 1. The maximum Gasteiger partial charge on any atom is 0.0807 e. The smallest absolute Gasteiger partial charge is 0.0807 e. The highest BCUT2D eigenvalue weighted by molar-refractivity contribution is 5.55. The van der Waals surface area contributed by atoms with Crippen molar-refractivity contribution in [2.24, 2.45) is 0 Å². The lowest BCUT2D eigenvalue weighted by Crippen LogP contribution is -2.33. The second-order valence-corrected chi connectivity index (χ2v) is 4.53. The molecule has 0 aromatic heterocycles. The second kappa shape index (κ2) is 6.65. The van der Waals surface area contributed by atoms with Gasteiger partial charge in [0.25, 0.3) is 0 Å². The molecule has 2 nitrogen and oxygen atoms in total. The normalized spacial score (nSPS) is 14.4. The van der Waals surface area contributed by atoms with Gasteiger partial charge < -0.3 is 10.0 Å². The summed E-state index contributed by atoms with van der Waals surface area (Å²) in [5.74, 6) is 0. The largest absolute Gasteiger partial charge is 0.388 e. The lowest BCUT2D eigenvalue weighted by molar-refractivity contribution is 0.174. The third kappa shape index (κ3) is 3.22. The highest BCUT2D eigenvalue weighted by Crippen LogP contribution is 2.29. The lowest BCUT2D eigenvalue weighted by atomic mass is 10.0. The van der Waals surface area contributed by atoms with Gasteiger partial charge in [-0.1, -0.05) is 32.0 Å². The van der Waals surface area contributed by atoms with Crippen LogP contribution in [0.25, 0.3) is 0 Å². The summed E-state index contributed by atoms with van der Waals surface area (Å²) in [4.78, 5) is 2.37. The first-order valence-electron chi connectivity index (χ1n) is 6.69. The summed E-state index contributed by atoms with van der Waals surface area (Å²) in [5, 5.41) is 10.1. The first-order valence-corrected chi connectivity index (χ1v) is 6.69. The Kier molecular flexibility index (Phi) is 5.49. The number of anilines is 1. The number of rotatable bonds is 6. The Morgan fingerprint density at radius 1 is 1.12 bits per heavy atom. The van der Waals surface area contributed by atoms with Crippen LogP contribution in [0.3, 0.4) is 0 Å². The summed E-state index contributed by atoms with van der Waals surface area (Å²) in [7, 11) is 0. The molecule has 1 aromatic carbocycles. The van der Waals surface area contributed by atoms with Gasteiger partial charge in [-0.3, -0.25) is 0 Å². The minimum absolute atomic E-state index is 0.357. The molecular formula is C15H25NO. The van der Waals surface area contributed by atoms with Crippen molar-refractivity contribution in [1.29, 1.82) is 0 Å². The van der Waals surface area contributed by atoms with Gasteiger partial charge in [0.05, 0.1) is 6.10 Å². The quantitative estimate of drug-likeness (QED) is 0.811. The fourth-order valence-electron chi connectivity index (χ4n) is 2.19. The van der Waals surface area contributed by atoms with Crippen molar-refractivity contribution >= 4 is 5.69 Å². The van der Waals surface area contributed by atoms with E-state index in [1.54, 1.807) is 0 Å². The number of aliphatic hydroxyl groups is 1. The molecular weight excluding hydrogens is 210 g/mol. The zero-order valence-electron chi connectivity index (χ0n) is 11.5. The summed E-state index contributed by atoms with van der Waals surface area (Å²) in [6.45, 7) is 9.59. The first-order chi connectivity index (χ1) is 8.15. The van der Waals surface area contributed by atoms with Crippen molar-refractivity contribution in [3.63, 3.8) is 0 Å². The molecule has 0 aliphatic heterocycles. The van der Waals surface area contributed by atoms with Crippen LogP contribution < -0.4 is 4.90 Å². The van der Waals surface area contributed by atoms with Gasteiger partial charge in [0.1, 0.15) is 0 Å². The van der Waals surface area contributed by atoms with E-state index in [2.05, 4.69) is 31.7 Å². The van der Waals surface area contributed by atoms with Gasteiger partial charge in [0.2, 0.25) is 0 Å². The van der Waals surface area contributed by atoms with Gasteiger partial charge in [-0.05, 0) is 32.8 Å². The molecule has 0 aliphatic rings. The van der Waals surface area contributed by atoms with Crippen LogP contribution in [0.15, 0.2) is 24.3 Å². The Morgan fingerprint density at radius 3 is 2.29 bits per heavy atom. The molecule has 17 heavy (non-hydrogen) atoms. The fraction of sp³-hybridized carbons (Fsp3) is 0.600. The minimum Gasteiger partial charge on any atom is -0.388 e. The van der Waals surface area contributed by atoms with Gasteiger partial charge in [-0.25, -0.2) is 0 Å². The lowest BCUT2D eigenvalue weighted by Gasteiger charge is -2.32. The Bertz CT molecular complexity index is 337. The van der Waals surface area contributed by atoms with E-state index in [0.29, 0.717) is 6.04 Å². The van der Waals surface area contributed by atoms with E-state index >= 15 is 0 Å². The van der Waals surface area contributed by atoms with E-state index in [9.17, 15) is 5.11 Å². The van der Waals surface area contributed by atoms with Crippen LogP contribution in [0, 0.1) is 0 Å². The average Bonchev–Trinajstić information content (AvgIpc) is 2.39. The van der Waals surface area contributed by atoms with Crippen molar-refractivity contribution in [1.82, 2.24) is 0 Å². The second-order valence-electron chi connectivity index (χ2n) is 4.53. The summed E-state index contributed by atoms with van der Waals surface area (Å²) in [5.41, 5.74) is 2.23. The molecule has 0 aliphatic carbocycles. The molecule has 1 rings (SSSR count). The maximum atomic E-state index is 10.1. The molecule has 1 unspecified atom stereocenters. The van der Waals surface area contributed by atoms with E-state index < -0.39 is 0 Å². The van der Waals surface area contributed by atoms with Crippen molar-refractivity contribution in [2.75, 3.05) is 11.4 Å². The number of nitrogens with zero attached hydrogens (tertiary/aromatic N) is 1. The van der Waals surface area contributed by atoms with E-state index in [1.165, 1.54) is 5.69 Å².